The first kappa shape index (κ1) is 16.8. The van der Waals surface area contributed by atoms with Crippen LogP contribution in [0.5, 0.6) is 0 Å². The summed E-state index contributed by atoms with van der Waals surface area (Å²) in [6.45, 7) is -0.500. The predicted molar refractivity (Wildman–Crippen MR) is 77.8 cm³/mol. The summed E-state index contributed by atoms with van der Waals surface area (Å²) in [6, 6.07) is 3.95. The van der Waals surface area contributed by atoms with E-state index in [4.69, 9.17) is 0 Å². The van der Waals surface area contributed by atoms with Crippen molar-refractivity contribution < 1.29 is 27.9 Å². The molecule has 1 heterocycles. The molecule has 24 heavy (non-hydrogen) atoms. The van der Waals surface area contributed by atoms with Crippen LogP contribution in [0.4, 0.5) is 18.0 Å². The third kappa shape index (κ3) is 2.75. The van der Waals surface area contributed by atoms with Crippen LogP contribution in [0.25, 0.3) is 0 Å². The Kier molecular flexibility index (Phi) is 4.03. The van der Waals surface area contributed by atoms with Crippen LogP contribution in [0.2, 0.25) is 0 Å². The zero-order valence-electron chi connectivity index (χ0n) is 12.8. The highest BCUT2D eigenvalue weighted by Crippen LogP contribution is 2.37. The molecule has 130 valence electrons. The molecule has 1 aliphatic heterocycles. The van der Waals surface area contributed by atoms with E-state index in [1.165, 1.54) is 12.1 Å². The third-order valence-electron chi connectivity index (χ3n) is 4.68. The highest BCUT2D eigenvalue weighted by Gasteiger charge is 2.52. The Morgan fingerprint density at radius 1 is 1.21 bits per heavy atom. The fraction of sp³-hybridized carbons (Fsp3) is 0.500. The fourth-order valence-corrected chi connectivity index (χ4v) is 3.48. The zero-order chi connectivity index (χ0) is 17.5. The van der Waals surface area contributed by atoms with Gasteiger partial charge in [-0.2, -0.15) is 13.2 Å². The van der Waals surface area contributed by atoms with Gasteiger partial charge in [0.15, 0.2) is 0 Å². The van der Waals surface area contributed by atoms with Crippen molar-refractivity contribution in [1.29, 1.82) is 0 Å². The van der Waals surface area contributed by atoms with E-state index in [1.807, 2.05) is 0 Å². The van der Waals surface area contributed by atoms with Crippen LogP contribution in [0.3, 0.4) is 0 Å². The molecule has 1 aromatic rings. The Balaban J connectivity index is 1.82. The molecule has 1 unspecified atom stereocenters. The number of hydrogen-bond donors (Lipinski definition) is 2. The monoisotopic (exact) mass is 342 g/mol. The minimum Gasteiger partial charge on any atom is -0.387 e. The summed E-state index contributed by atoms with van der Waals surface area (Å²) in [4.78, 5) is 25.4. The average molecular weight is 342 g/mol. The van der Waals surface area contributed by atoms with Gasteiger partial charge in [-0.1, -0.05) is 31.0 Å². The Morgan fingerprint density at radius 2 is 1.83 bits per heavy atom. The molecule has 1 spiro atoms. The van der Waals surface area contributed by atoms with E-state index in [9.17, 15) is 27.9 Å². The van der Waals surface area contributed by atoms with Gasteiger partial charge in [0.25, 0.3) is 5.91 Å². The number of halogens is 3. The van der Waals surface area contributed by atoms with E-state index in [-0.39, 0.29) is 5.56 Å². The van der Waals surface area contributed by atoms with Gasteiger partial charge in [-0.15, -0.1) is 0 Å². The molecule has 1 aromatic carbocycles. The van der Waals surface area contributed by atoms with Crippen LogP contribution in [-0.4, -0.2) is 34.0 Å². The highest BCUT2D eigenvalue weighted by molar-refractivity contribution is 6.07. The lowest BCUT2D eigenvalue weighted by Gasteiger charge is -2.23. The van der Waals surface area contributed by atoms with Crippen LogP contribution in [-0.2, 0) is 11.0 Å². The molecule has 1 atom stereocenters. The molecule has 0 bridgehead atoms. The molecule has 3 amide bonds. The summed E-state index contributed by atoms with van der Waals surface area (Å²) in [5.41, 5.74) is -2.27. The first-order chi connectivity index (χ1) is 11.2. The van der Waals surface area contributed by atoms with Gasteiger partial charge in [-0.05, 0) is 24.5 Å². The number of β-amino-alcohol motifs (C(OH)–C–C–N with tert-alkyl or cyclic N) is 1. The lowest BCUT2D eigenvalue weighted by Crippen LogP contribution is -2.44. The number of aliphatic hydroxyl groups excluding tert-OH is 1. The number of nitrogens with one attached hydrogen (secondary N) is 1. The lowest BCUT2D eigenvalue weighted by molar-refractivity contribution is -0.139. The van der Waals surface area contributed by atoms with Gasteiger partial charge in [-0.25, -0.2) is 4.79 Å². The molecule has 0 radical (unpaired) electrons. The Labute approximate surface area is 136 Å². The molecule has 0 aromatic heterocycles. The van der Waals surface area contributed by atoms with E-state index in [0.717, 1.165) is 29.9 Å². The number of rotatable bonds is 3. The highest BCUT2D eigenvalue weighted by atomic mass is 19.4. The summed E-state index contributed by atoms with van der Waals surface area (Å²) in [6.07, 6.45) is -3.58. The summed E-state index contributed by atoms with van der Waals surface area (Å²) in [5, 5.41) is 12.9. The molecule has 1 saturated carbocycles. The van der Waals surface area contributed by atoms with Gasteiger partial charge >= 0.3 is 12.2 Å². The van der Waals surface area contributed by atoms with Gasteiger partial charge in [0.2, 0.25) is 0 Å². The van der Waals surface area contributed by atoms with Crippen LogP contribution < -0.4 is 5.32 Å². The van der Waals surface area contributed by atoms with E-state index < -0.39 is 41.9 Å². The van der Waals surface area contributed by atoms with Crippen molar-refractivity contribution in [2.45, 2.75) is 43.5 Å². The van der Waals surface area contributed by atoms with E-state index in [1.54, 1.807) is 0 Å². The smallest absolute Gasteiger partial charge is 0.387 e. The Morgan fingerprint density at radius 3 is 2.46 bits per heavy atom. The normalized spacial score (nSPS) is 21.4. The second-order valence-corrected chi connectivity index (χ2v) is 6.24. The molecule has 1 aliphatic carbocycles. The van der Waals surface area contributed by atoms with Crippen molar-refractivity contribution >= 4 is 11.9 Å². The number of imide groups is 1. The Hall–Kier alpha value is -2.09. The fourth-order valence-electron chi connectivity index (χ4n) is 3.48. The van der Waals surface area contributed by atoms with E-state index in [2.05, 4.69) is 5.32 Å². The van der Waals surface area contributed by atoms with Gasteiger partial charge < -0.3 is 10.4 Å². The van der Waals surface area contributed by atoms with Crippen molar-refractivity contribution in [1.82, 2.24) is 10.2 Å². The number of hydrogen-bond acceptors (Lipinski definition) is 3. The van der Waals surface area contributed by atoms with Crippen LogP contribution in [0.15, 0.2) is 24.3 Å². The molecular weight excluding hydrogens is 325 g/mol. The molecule has 1 saturated heterocycles. The van der Waals surface area contributed by atoms with Crippen LogP contribution in [0, 0.1) is 0 Å². The van der Waals surface area contributed by atoms with Crippen LogP contribution >= 0.6 is 0 Å². The molecular formula is C16H17F3N2O3. The molecule has 2 fully saturated rings. The number of carbonyl (C=O) groups is 2. The van der Waals surface area contributed by atoms with Crippen molar-refractivity contribution in [3.05, 3.63) is 35.4 Å². The van der Waals surface area contributed by atoms with Gasteiger partial charge in [0, 0.05) is 0 Å². The molecule has 2 aliphatic rings. The molecule has 8 heteroatoms. The van der Waals surface area contributed by atoms with Crippen molar-refractivity contribution in [3.63, 3.8) is 0 Å². The largest absolute Gasteiger partial charge is 0.416 e. The summed E-state index contributed by atoms with van der Waals surface area (Å²) < 4.78 is 39.1. The van der Waals surface area contributed by atoms with Gasteiger partial charge in [0.1, 0.15) is 5.54 Å². The first-order valence-electron chi connectivity index (χ1n) is 7.73. The summed E-state index contributed by atoms with van der Waals surface area (Å²) >= 11 is 0. The number of aliphatic hydroxyl groups is 1. The Bertz CT molecular complexity index is 669. The maximum atomic E-state index is 13.0. The number of nitrogens with zero attached hydrogens (tertiary/aromatic N) is 1. The number of benzene rings is 1. The van der Waals surface area contributed by atoms with Crippen molar-refractivity contribution in [3.8, 4) is 0 Å². The number of urea groups is 1. The number of amides is 3. The van der Waals surface area contributed by atoms with Crippen LogP contribution in [0.1, 0.15) is 42.9 Å². The first-order valence-corrected chi connectivity index (χ1v) is 7.73. The van der Waals surface area contributed by atoms with Crippen molar-refractivity contribution in [2.24, 2.45) is 0 Å². The SMILES string of the molecule is O=C1NC2(CCCC2)C(=O)N1CC(O)c1ccccc1C(F)(F)F. The minimum absolute atomic E-state index is 0.349. The lowest BCUT2D eigenvalue weighted by atomic mass is 9.97. The second-order valence-electron chi connectivity index (χ2n) is 6.24. The quantitative estimate of drug-likeness (QED) is 0.830. The average Bonchev–Trinajstić information content (AvgIpc) is 3.08. The molecule has 2 N–H and O–H groups in total. The van der Waals surface area contributed by atoms with Crippen molar-refractivity contribution in [2.75, 3.05) is 6.54 Å². The number of carbonyl (C=O) groups excluding carboxylic acids is 2. The maximum Gasteiger partial charge on any atom is 0.416 e. The molecule has 5 nitrogen and oxygen atoms in total. The summed E-state index contributed by atoms with van der Waals surface area (Å²) in [7, 11) is 0. The van der Waals surface area contributed by atoms with Gasteiger partial charge in [-0.3, -0.25) is 9.69 Å². The second kappa shape index (κ2) is 5.77. The zero-order valence-corrected chi connectivity index (χ0v) is 12.8. The minimum atomic E-state index is -4.62. The van der Waals surface area contributed by atoms with E-state index in [0.29, 0.717) is 12.8 Å². The predicted octanol–water partition coefficient (Wildman–Crippen LogP) is 2.60. The van der Waals surface area contributed by atoms with E-state index >= 15 is 0 Å². The number of alkyl halides is 3. The molecule has 3 rings (SSSR count). The maximum absolute atomic E-state index is 13.0. The third-order valence-corrected chi connectivity index (χ3v) is 4.68. The topological polar surface area (TPSA) is 69.6 Å². The van der Waals surface area contributed by atoms with Gasteiger partial charge in [0.05, 0.1) is 18.2 Å². The standard InChI is InChI=1S/C16H17F3N2O3/c17-16(18,19)11-6-2-1-5-10(11)12(22)9-21-13(23)15(20-14(21)24)7-3-4-8-15/h1-2,5-6,12,22H,3-4,7-9H2,(H,20,24). The summed E-state index contributed by atoms with van der Waals surface area (Å²) in [5.74, 6) is -0.464.